The highest BCUT2D eigenvalue weighted by Gasteiger charge is 2.23. The summed E-state index contributed by atoms with van der Waals surface area (Å²) in [5.41, 5.74) is 0.856. The standard InChI is InChI=1S/C12H18N6O2S/c1-8(12-15-7-16-17-12)18-21(19,20)11-4-10(14-6-11)5-13-9-2-3-9/h4,6-9,13-14,18H,2-3,5H2,1H3,(H,15,16,17). The summed E-state index contributed by atoms with van der Waals surface area (Å²) in [7, 11) is -3.58. The fourth-order valence-corrected chi connectivity index (χ4v) is 3.22. The Morgan fingerprint density at radius 3 is 2.95 bits per heavy atom. The smallest absolute Gasteiger partial charge is 0.242 e. The summed E-state index contributed by atoms with van der Waals surface area (Å²) in [6.45, 7) is 2.36. The SMILES string of the molecule is CC(NS(=O)(=O)c1c[nH]c(CNC2CC2)c1)c1ncn[nH]1. The van der Waals surface area contributed by atoms with Crippen LogP contribution in [0.4, 0.5) is 0 Å². The average molecular weight is 310 g/mol. The van der Waals surface area contributed by atoms with E-state index in [9.17, 15) is 8.42 Å². The number of hydrogen-bond donors (Lipinski definition) is 4. The number of aromatic amines is 2. The third kappa shape index (κ3) is 3.49. The molecule has 2 heterocycles. The van der Waals surface area contributed by atoms with E-state index in [1.165, 1.54) is 25.4 Å². The first-order valence-corrected chi connectivity index (χ1v) is 8.31. The van der Waals surface area contributed by atoms with Crippen molar-refractivity contribution in [3.8, 4) is 0 Å². The molecule has 1 fully saturated rings. The van der Waals surface area contributed by atoms with E-state index < -0.39 is 16.1 Å². The molecule has 0 radical (unpaired) electrons. The summed E-state index contributed by atoms with van der Waals surface area (Å²) >= 11 is 0. The topological polar surface area (TPSA) is 116 Å². The van der Waals surface area contributed by atoms with Crippen LogP contribution in [-0.4, -0.2) is 34.6 Å². The van der Waals surface area contributed by atoms with E-state index in [1.807, 2.05) is 0 Å². The van der Waals surface area contributed by atoms with Gasteiger partial charge in [-0.25, -0.2) is 18.1 Å². The van der Waals surface area contributed by atoms with Crippen LogP contribution in [0.25, 0.3) is 0 Å². The van der Waals surface area contributed by atoms with Crippen molar-refractivity contribution in [3.63, 3.8) is 0 Å². The molecule has 3 rings (SSSR count). The molecule has 4 N–H and O–H groups in total. The Labute approximate surface area is 122 Å². The van der Waals surface area contributed by atoms with Crippen molar-refractivity contribution in [2.24, 2.45) is 0 Å². The van der Waals surface area contributed by atoms with Crippen LogP contribution in [0.1, 0.15) is 37.3 Å². The van der Waals surface area contributed by atoms with E-state index in [2.05, 4.69) is 30.2 Å². The van der Waals surface area contributed by atoms with Gasteiger partial charge in [-0.1, -0.05) is 0 Å². The molecule has 2 aromatic heterocycles. The summed E-state index contributed by atoms with van der Waals surface area (Å²) in [5, 5.41) is 9.69. The van der Waals surface area contributed by atoms with Gasteiger partial charge in [0, 0.05) is 24.5 Å². The van der Waals surface area contributed by atoms with Gasteiger partial charge in [0.25, 0.3) is 0 Å². The molecular formula is C12H18N6O2S. The number of rotatable bonds is 7. The number of H-pyrrole nitrogens is 2. The molecule has 1 atom stereocenters. The molecule has 1 aliphatic carbocycles. The van der Waals surface area contributed by atoms with Gasteiger partial charge in [-0.3, -0.25) is 5.10 Å². The molecule has 9 heteroatoms. The van der Waals surface area contributed by atoms with E-state index in [0.717, 1.165) is 5.69 Å². The lowest BCUT2D eigenvalue weighted by atomic mass is 10.3. The molecule has 0 aliphatic heterocycles. The van der Waals surface area contributed by atoms with Crippen LogP contribution < -0.4 is 10.0 Å². The first-order chi connectivity index (χ1) is 10.0. The van der Waals surface area contributed by atoms with Crippen molar-refractivity contribution in [2.45, 2.75) is 43.3 Å². The lowest BCUT2D eigenvalue weighted by Gasteiger charge is -2.10. The number of hydrogen-bond acceptors (Lipinski definition) is 5. The summed E-state index contributed by atoms with van der Waals surface area (Å²) in [6.07, 6.45) is 5.24. The fraction of sp³-hybridized carbons (Fsp3) is 0.500. The molecular weight excluding hydrogens is 292 g/mol. The molecule has 1 saturated carbocycles. The zero-order valence-electron chi connectivity index (χ0n) is 11.6. The van der Waals surface area contributed by atoms with Gasteiger partial charge in [-0.15, -0.1) is 0 Å². The van der Waals surface area contributed by atoms with E-state index in [0.29, 0.717) is 18.4 Å². The van der Waals surface area contributed by atoms with Gasteiger partial charge >= 0.3 is 0 Å². The van der Waals surface area contributed by atoms with Gasteiger partial charge in [0.15, 0.2) is 0 Å². The first-order valence-electron chi connectivity index (χ1n) is 6.83. The third-order valence-corrected chi connectivity index (χ3v) is 4.88. The monoisotopic (exact) mass is 310 g/mol. The van der Waals surface area contributed by atoms with Crippen LogP contribution in [0.15, 0.2) is 23.5 Å². The highest BCUT2D eigenvalue weighted by molar-refractivity contribution is 7.89. The molecule has 0 saturated heterocycles. The first kappa shape index (κ1) is 14.2. The molecule has 0 bridgehead atoms. The van der Waals surface area contributed by atoms with Crippen molar-refractivity contribution in [1.82, 2.24) is 30.2 Å². The van der Waals surface area contributed by atoms with Crippen LogP contribution >= 0.6 is 0 Å². The van der Waals surface area contributed by atoms with Crippen LogP contribution in [0.2, 0.25) is 0 Å². The van der Waals surface area contributed by atoms with E-state index in [1.54, 1.807) is 13.0 Å². The maximum atomic E-state index is 12.3. The molecule has 114 valence electrons. The van der Waals surface area contributed by atoms with Crippen LogP contribution in [0, 0.1) is 0 Å². The van der Waals surface area contributed by atoms with Crippen molar-refractivity contribution in [2.75, 3.05) is 0 Å². The molecule has 21 heavy (non-hydrogen) atoms. The largest absolute Gasteiger partial charge is 0.363 e. The van der Waals surface area contributed by atoms with Crippen LogP contribution in [-0.2, 0) is 16.6 Å². The summed E-state index contributed by atoms with van der Waals surface area (Å²) in [6, 6.07) is 1.75. The minimum Gasteiger partial charge on any atom is -0.363 e. The highest BCUT2D eigenvalue weighted by atomic mass is 32.2. The Bertz CT molecular complexity index is 689. The predicted octanol–water partition coefficient (Wildman–Crippen LogP) is 0.424. The van der Waals surface area contributed by atoms with Gasteiger partial charge in [0.05, 0.1) is 10.9 Å². The fourth-order valence-electron chi connectivity index (χ4n) is 2.00. The van der Waals surface area contributed by atoms with Gasteiger partial charge in [-0.2, -0.15) is 5.10 Å². The summed E-state index contributed by atoms with van der Waals surface area (Å²) in [5.74, 6) is 0.477. The lowest BCUT2D eigenvalue weighted by molar-refractivity contribution is 0.560. The van der Waals surface area contributed by atoms with Crippen molar-refractivity contribution >= 4 is 10.0 Å². The number of sulfonamides is 1. The van der Waals surface area contributed by atoms with Gasteiger partial charge in [0.2, 0.25) is 10.0 Å². The van der Waals surface area contributed by atoms with E-state index in [4.69, 9.17) is 0 Å². The molecule has 0 amide bonds. The van der Waals surface area contributed by atoms with Crippen molar-refractivity contribution in [1.29, 1.82) is 0 Å². The molecule has 8 nitrogen and oxygen atoms in total. The van der Waals surface area contributed by atoms with Crippen LogP contribution in [0.3, 0.4) is 0 Å². The Balaban J connectivity index is 1.66. The molecule has 1 unspecified atom stereocenters. The van der Waals surface area contributed by atoms with Gasteiger partial charge < -0.3 is 10.3 Å². The predicted molar refractivity (Wildman–Crippen MR) is 75.8 cm³/mol. The molecule has 1 aliphatic rings. The second kappa shape index (κ2) is 5.58. The summed E-state index contributed by atoms with van der Waals surface area (Å²) < 4.78 is 27.1. The van der Waals surface area contributed by atoms with E-state index >= 15 is 0 Å². The maximum Gasteiger partial charge on any atom is 0.242 e. The average Bonchev–Trinajstić information content (AvgIpc) is 2.96. The Hall–Kier alpha value is -1.71. The van der Waals surface area contributed by atoms with Crippen molar-refractivity contribution in [3.05, 3.63) is 30.1 Å². The minimum absolute atomic E-state index is 0.224. The zero-order valence-corrected chi connectivity index (χ0v) is 12.4. The Kier molecular flexibility index (Phi) is 3.79. The van der Waals surface area contributed by atoms with E-state index in [-0.39, 0.29) is 4.90 Å². The van der Waals surface area contributed by atoms with Gasteiger partial charge in [-0.05, 0) is 25.8 Å². The summed E-state index contributed by atoms with van der Waals surface area (Å²) in [4.78, 5) is 7.15. The minimum atomic E-state index is -3.58. The highest BCUT2D eigenvalue weighted by Crippen LogP contribution is 2.20. The van der Waals surface area contributed by atoms with Crippen molar-refractivity contribution < 1.29 is 8.42 Å². The number of nitrogens with one attached hydrogen (secondary N) is 4. The molecule has 0 spiro atoms. The second-order valence-corrected chi connectivity index (χ2v) is 6.94. The second-order valence-electron chi connectivity index (χ2n) is 5.23. The van der Waals surface area contributed by atoms with Crippen LogP contribution in [0.5, 0.6) is 0 Å². The quantitative estimate of drug-likeness (QED) is 0.592. The number of aromatic nitrogens is 4. The van der Waals surface area contributed by atoms with Gasteiger partial charge in [0.1, 0.15) is 12.2 Å². The molecule has 0 aromatic carbocycles. The Morgan fingerprint density at radius 2 is 2.29 bits per heavy atom. The Morgan fingerprint density at radius 1 is 1.48 bits per heavy atom. The third-order valence-electron chi connectivity index (χ3n) is 3.36. The lowest BCUT2D eigenvalue weighted by Crippen LogP contribution is -2.27. The maximum absolute atomic E-state index is 12.3. The molecule has 2 aromatic rings. The normalized spacial score (nSPS) is 17.0. The number of nitrogens with zero attached hydrogens (tertiary/aromatic N) is 2. The zero-order chi connectivity index (χ0) is 14.9.